The number of carbonyl (C=O) groups is 2. The fourth-order valence-corrected chi connectivity index (χ4v) is 3.15. The average Bonchev–Trinajstić information content (AvgIpc) is 2.96. The minimum atomic E-state index is -3.84. The molecule has 0 radical (unpaired) electrons. The van der Waals surface area contributed by atoms with Gasteiger partial charge in [-0.2, -0.15) is 0 Å². The minimum absolute atomic E-state index is 0.0617. The summed E-state index contributed by atoms with van der Waals surface area (Å²) in [5.41, 5.74) is 1.11. The van der Waals surface area contributed by atoms with E-state index < -0.39 is 10.0 Å². The van der Waals surface area contributed by atoms with Crippen molar-refractivity contribution >= 4 is 27.7 Å². The van der Waals surface area contributed by atoms with Gasteiger partial charge in [0.15, 0.2) is 0 Å². The molecule has 1 aliphatic heterocycles. The van der Waals surface area contributed by atoms with E-state index in [2.05, 4.69) is 10.1 Å². The number of benzene rings is 1. The van der Waals surface area contributed by atoms with Gasteiger partial charge in [-0.3, -0.25) is 4.79 Å². The summed E-state index contributed by atoms with van der Waals surface area (Å²) < 4.78 is 27.5. The van der Waals surface area contributed by atoms with Crippen molar-refractivity contribution in [2.24, 2.45) is 11.1 Å². The smallest absolute Gasteiger partial charge is 0.321 e. The minimum Gasteiger partial charge on any atom is -0.469 e. The maximum Gasteiger partial charge on any atom is 0.321 e. The standard InChI is InChI=1S/C15H21N3O5S/c1-10-3-4-12(24(16,21)22)8-13(10)17-15(20)18-6-5-11(9-18)7-14(19)23-2/h3-4,8,11H,5-7,9H2,1-2H3,(H,17,20)(H2,16,21,22). The number of nitrogens with one attached hydrogen (secondary N) is 1. The van der Waals surface area contributed by atoms with E-state index >= 15 is 0 Å². The number of anilines is 1. The lowest BCUT2D eigenvalue weighted by molar-refractivity contribution is -0.141. The third kappa shape index (κ3) is 4.45. The summed E-state index contributed by atoms with van der Waals surface area (Å²) in [5.74, 6) is -0.223. The van der Waals surface area contributed by atoms with Gasteiger partial charge < -0.3 is 15.0 Å². The lowest BCUT2D eigenvalue weighted by Crippen LogP contribution is -2.33. The normalized spacial score (nSPS) is 17.6. The number of sulfonamides is 1. The number of methoxy groups -OCH3 is 1. The molecule has 0 aromatic heterocycles. The molecule has 132 valence electrons. The first-order chi connectivity index (χ1) is 11.2. The fourth-order valence-electron chi connectivity index (χ4n) is 2.61. The summed E-state index contributed by atoms with van der Waals surface area (Å²) in [6.45, 7) is 2.74. The summed E-state index contributed by atoms with van der Waals surface area (Å²) in [5, 5.41) is 7.82. The Morgan fingerprint density at radius 1 is 1.42 bits per heavy atom. The van der Waals surface area contributed by atoms with Crippen LogP contribution in [0.2, 0.25) is 0 Å². The number of nitrogens with zero attached hydrogens (tertiary/aromatic N) is 1. The van der Waals surface area contributed by atoms with Crippen molar-refractivity contribution in [1.29, 1.82) is 0 Å². The molecule has 1 atom stereocenters. The molecular formula is C15H21N3O5S. The molecule has 1 heterocycles. The van der Waals surface area contributed by atoms with Crippen LogP contribution in [-0.4, -0.2) is 45.5 Å². The average molecular weight is 355 g/mol. The highest BCUT2D eigenvalue weighted by Gasteiger charge is 2.28. The SMILES string of the molecule is COC(=O)CC1CCN(C(=O)Nc2cc(S(N)(=O)=O)ccc2C)C1. The van der Waals surface area contributed by atoms with Crippen molar-refractivity contribution in [3.05, 3.63) is 23.8 Å². The first-order valence-corrected chi connectivity index (χ1v) is 9.01. The lowest BCUT2D eigenvalue weighted by atomic mass is 10.1. The second-order valence-corrected chi connectivity index (χ2v) is 7.39. The van der Waals surface area contributed by atoms with Crippen molar-refractivity contribution in [2.75, 3.05) is 25.5 Å². The Kier molecular flexibility index (Phi) is 5.45. The van der Waals surface area contributed by atoms with Gasteiger partial charge in [-0.1, -0.05) is 6.07 Å². The zero-order valence-corrected chi connectivity index (χ0v) is 14.4. The molecule has 1 aliphatic rings. The number of ether oxygens (including phenoxy) is 1. The third-order valence-electron chi connectivity index (χ3n) is 4.04. The molecule has 0 bridgehead atoms. The quantitative estimate of drug-likeness (QED) is 0.783. The van der Waals surface area contributed by atoms with Gasteiger partial charge in [0.1, 0.15) is 0 Å². The van der Waals surface area contributed by atoms with Gasteiger partial charge >= 0.3 is 12.0 Å². The van der Waals surface area contributed by atoms with Crippen LogP contribution >= 0.6 is 0 Å². The molecule has 0 spiro atoms. The van der Waals surface area contributed by atoms with Crippen LogP contribution in [0.1, 0.15) is 18.4 Å². The molecule has 9 heteroatoms. The number of hydrogen-bond donors (Lipinski definition) is 2. The lowest BCUT2D eigenvalue weighted by Gasteiger charge is -2.18. The molecule has 2 amide bonds. The molecule has 1 aromatic carbocycles. The van der Waals surface area contributed by atoms with Crippen molar-refractivity contribution in [2.45, 2.75) is 24.7 Å². The second-order valence-electron chi connectivity index (χ2n) is 5.83. The monoisotopic (exact) mass is 355 g/mol. The van der Waals surface area contributed by atoms with Crippen LogP contribution in [0, 0.1) is 12.8 Å². The Balaban J connectivity index is 2.04. The summed E-state index contributed by atoms with van der Waals surface area (Å²) in [4.78, 5) is 25.2. The Morgan fingerprint density at radius 3 is 2.75 bits per heavy atom. The number of urea groups is 1. The van der Waals surface area contributed by atoms with E-state index in [9.17, 15) is 18.0 Å². The zero-order chi connectivity index (χ0) is 17.9. The number of rotatable bonds is 4. The molecule has 0 aliphatic carbocycles. The first-order valence-electron chi connectivity index (χ1n) is 7.47. The molecule has 8 nitrogen and oxygen atoms in total. The number of esters is 1. The van der Waals surface area contributed by atoms with Gasteiger partial charge in [0.05, 0.1) is 18.4 Å². The molecule has 1 unspecified atom stereocenters. The highest BCUT2D eigenvalue weighted by molar-refractivity contribution is 7.89. The van der Waals surface area contributed by atoms with Crippen molar-refractivity contribution < 1.29 is 22.7 Å². The molecule has 3 N–H and O–H groups in total. The van der Waals surface area contributed by atoms with Gasteiger partial charge in [0.25, 0.3) is 0 Å². The number of amides is 2. The third-order valence-corrected chi connectivity index (χ3v) is 4.95. The van der Waals surface area contributed by atoms with Crippen molar-refractivity contribution in [1.82, 2.24) is 4.90 Å². The molecule has 2 rings (SSSR count). The Morgan fingerprint density at radius 2 is 2.12 bits per heavy atom. The highest BCUT2D eigenvalue weighted by atomic mass is 32.2. The van der Waals surface area contributed by atoms with E-state index in [1.165, 1.54) is 19.2 Å². The van der Waals surface area contributed by atoms with Gasteiger partial charge in [-0.25, -0.2) is 18.4 Å². The van der Waals surface area contributed by atoms with Crippen LogP contribution in [0.4, 0.5) is 10.5 Å². The van der Waals surface area contributed by atoms with Gasteiger partial charge in [0, 0.05) is 18.8 Å². The summed E-state index contributed by atoms with van der Waals surface area (Å²) in [6, 6.07) is 3.98. The summed E-state index contributed by atoms with van der Waals surface area (Å²) >= 11 is 0. The highest BCUT2D eigenvalue weighted by Crippen LogP contribution is 2.23. The van der Waals surface area contributed by atoms with E-state index in [1.54, 1.807) is 17.9 Å². The molecular weight excluding hydrogens is 334 g/mol. The summed E-state index contributed by atoms with van der Waals surface area (Å²) in [6.07, 6.45) is 0.999. The second kappa shape index (κ2) is 7.18. The number of aryl methyl sites for hydroxylation is 1. The zero-order valence-electron chi connectivity index (χ0n) is 13.6. The topological polar surface area (TPSA) is 119 Å². The predicted octanol–water partition coefficient (Wildman–Crippen LogP) is 1.06. The van der Waals surface area contributed by atoms with E-state index in [-0.39, 0.29) is 29.2 Å². The van der Waals surface area contributed by atoms with Crippen LogP contribution in [0.3, 0.4) is 0 Å². The van der Waals surface area contributed by atoms with Crippen LogP contribution in [0.5, 0.6) is 0 Å². The van der Waals surface area contributed by atoms with Gasteiger partial charge in [-0.15, -0.1) is 0 Å². The largest absolute Gasteiger partial charge is 0.469 e. The van der Waals surface area contributed by atoms with E-state index in [0.29, 0.717) is 18.8 Å². The number of nitrogens with two attached hydrogens (primary N) is 1. The van der Waals surface area contributed by atoms with Crippen molar-refractivity contribution in [3.63, 3.8) is 0 Å². The van der Waals surface area contributed by atoms with Gasteiger partial charge in [-0.05, 0) is 37.0 Å². The predicted molar refractivity (Wildman–Crippen MR) is 87.9 cm³/mol. The number of primary sulfonamides is 1. The van der Waals surface area contributed by atoms with Crippen LogP contribution < -0.4 is 10.5 Å². The first kappa shape index (κ1) is 18.2. The molecule has 0 saturated carbocycles. The van der Waals surface area contributed by atoms with Crippen LogP contribution in [0.15, 0.2) is 23.1 Å². The molecule has 1 aromatic rings. The maximum atomic E-state index is 12.3. The molecule has 1 saturated heterocycles. The van der Waals surface area contributed by atoms with Crippen LogP contribution in [-0.2, 0) is 19.6 Å². The fraction of sp³-hybridized carbons (Fsp3) is 0.467. The Bertz CT molecular complexity index is 747. The molecule has 24 heavy (non-hydrogen) atoms. The number of likely N-dealkylation sites (tertiary alicyclic amines) is 1. The van der Waals surface area contributed by atoms with E-state index in [4.69, 9.17) is 5.14 Å². The summed E-state index contributed by atoms with van der Waals surface area (Å²) in [7, 11) is -2.50. The molecule has 1 fully saturated rings. The van der Waals surface area contributed by atoms with Crippen molar-refractivity contribution in [3.8, 4) is 0 Å². The Labute approximate surface area is 141 Å². The van der Waals surface area contributed by atoms with Gasteiger partial charge in [0.2, 0.25) is 10.0 Å². The van der Waals surface area contributed by atoms with E-state index in [1.807, 2.05) is 0 Å². The number of carbonyl (C=O) groups excluding carboxylic acids is 2. The maximum absolute atomic E-state index is 12.3. The Hall–Kier alpha value is -2.13. The van der Waals surface area contributed by atoms with E-state index in [0.717, 1.165) is 12.0 Å². The number of hydrogen-bond acceptors (Lipinski definition) is 5. The van der Waals surface area contributed by atoms with Crippen LogP contribution in [0.25, 0.3) is 0 Å².